The zero-order chi connectivity index (χ0) is 13.1. The summed E-state index contributed by atoms with van der Waals surface area (Å²) in [5.41, 5.74) is 0.806. The van der Waals surface area contributed by atoms with Crippen LogP contribution in [-0.4, -0.2) is 25.8 Å². The van der Waals surface area contributed by atoms with E-state index in [1.54, 1.807) is 6.07 Å². The Bertz CT molecular complexity index is 562. The van der Waals surface area contributed by atoms with Crippen LogP contribution in [0.1, 0.15) is 49.5 Å². The largest absolute Gasteiger partial charge is 0.478 e. The maximum atomic E-state index is 10.9. The molecule has 18 heavy (non-hydrogen) atoms. The fraction of sp³-hybridized carbons (Fsp3) is 0.462. The number of hydrogen-bond donors (Lipinski definition) is 1. The molecule has 0 aliphatic carbocycles. The van der Waals surface area contributed by atoms with Crippen molar-refractivity contribution < 1.29 is 9.90 Å². The summed E-state index contributed by atoms with van der Waals surface area (Å²) in [5.74, 6) is -0.960. The van der Waals surface area contributed by atoms with E-state index in [0.29, 0.717) is 11.7 Å². The van der Waals surface area contributed by atoms with Gasteiger partial charge in [0.1, 0.15) is 0 Å². The lowest BCUT2D eigenvalue weighted by Crippen LogP contribution is -2.08. The lowest BCUT2D eigenvalue weighted by atomic mass is 10.1. The quantitative estimate of drug-likeness (QED) is 0.882. The minimum Gasteiger partial charge on any atom is -0.478 e. The smallest absolute Gasteiger partial charge is 0.337 e. The van der Waals surface area contributed by atoms with Gasteiger partial charge in [0.25, 0.3) is 0 Å². The number of carboxylic acid groups (broad SMARTS) is 1. The maximum Gasteiger partial charge on any atom is 0.337 e. The number of aromatic carboxylic acids is 1. The van der Waals surface area contributed by atoms with Gasteiger partial charge >= 0.3 is 5.97 Å². The van der Waals surface area contributed by atoms with E-state index in [9.17, 15) is 4.79 Å². The van der Waals surface area contributed by atoms with Gasteiger partial charge < -0.3 is 5.11 Å². The Morgan fingerprint density at radius 2 is 2.28 bits per heavy atom. The SMILES string of the molecule is CCCC(CC)n1cc2cc(C(=O)O)cnc2n1. The van der Waals surface area contributed by atoms with Crippen LogP contribution in [0, 0.1) is 0 Å². The van der Waals surface area contributed by atoms with E-state index < -0.39 is 5.97 Å². The standard InChI is InChI=1S/C13H17N3O2/c1-3-5-11(4-2)16-8-10-6-9(13(17)18)7-14-12(10)15-16/h6-8,11H,3-5H2,1-2H3,(H,17,18). The van der Waals surface area contributed by atoms with E-state index in [0.717, 1.165) is 24.6 Å². The first kappa shape index (κ1) is 12.5. The number of fused-ring (bicyclic) bond motifs is 1. The molecule has 0 aromatic carbocycles. The highest BCUT2D eigenvalue weighted by molar-refractivity contribution is 5.91. The Balaban J connectivity index is 2.40. The van der Waals surface area contributed by atoms with Crippen molar-refractivity contribution in [1.29, 1.82) is 0 Å². The molecule has 5 heteroatoms. The van der Waals surface area contributed by atoms with Gasteiger partial charge in [-0.05, 0) is 18.9 Å². The van der Waals surface area contributed by atoms with Gasteiger partial charge in [0.2, 0.25) is 0 Å². The van der Waals surface area contributed by atoms with Crippen LogP contribution < -0.4 is 0 Å². The van der Waals surface area contributed by atoms with Gasteiger partial charge in [-0.25, -0.2) is 9.78 Å². The zero-order valence-electron chi connectivity index (χ0n) is 10.6. The topological polar surface area (TPSA) is 68.0 Å². The molecule has 2 rings (SSSR count). The summed E-state index contributed by atoms with van der Waals surface area (Å²) in [6, 6.07) is 1.98. The molecule has 0 fully saturated rings. The van der Waals surface area contributed by atoms with Crippen LogP contribution in [-0.2, 0) is 0 Å². The molecule has 2 heterocycles. The second kappa shape index (κ2) is 5.16. The number of pyridine rings is 1. The Labute approximate surface area is 105 Å². The minimum absolute atomic E-state index is 0.200. The molecule has 0 aliphatic rings. The van der Waals surface area contributed by atoms with E-state index in [2.05, 4.69) is 23.9 Å². The molecule has 1 unspecified atom stereocenters. The predicted molar refractivity (Wildman–Crippen MR) is 68.7 cm³/mol. The van der Waals surface area contributed by atoms with Gasteiger partial charge in [0.15, 0.2) is 5.65 Å². The molecule has 0 spiro atoms. The third-order valence-corrected chi connectivity index (χ3v) is 3.09. The lowest BCUT2D eigenvalue weighted by molar-refractivity contribution is 0.0696. The van der Waals surface area contributed by atoms with Crippen molar-refractivity contribution in [1.82, 2.24) is 14.8 Å². The van der Waals surface area contributed by atoms with Crippen molar-refractivity contribution in [2.24, 2.45) is 0 Å². The van der Waals surface area contributed by atoms with E-state index in [-0.39, 0.29) is 5.56 Å². The summed E-state index contributed by atoms with van der Waals surface area (Å²) in [6.45, 7) is 4.27. The summed E-state index contributed by atoms with van der Waals surface area (Å²) >= 11 is 0. The summed E-state index contributed by atoms with van der Waals surface area (Å²) in [7, 11) is 0. The first-order valence-corrected chi connectivity index (χ1v) is 6.23. The Hall–Kier alpha value is -1.91. The average molecular weight is 247 g/mol. The first-order chi connectivity index (χ1) is 8.65. The highest BCUT2D eigenvalue weighted by Crippen LogP contribution is 2.20. The van der Waals surface area contributed by atoms with E-state index >= 15 is 0 Å². The third-order valence-electron chi connectivity index (χ3n) is 3.09. The second-order valence-corrected chi connectivity index (χ2v) is 4.40. The minimum atomic E-state index is -0.960. The molecule has 2 aromatic rings. The fourth-order valence-electron chi connectivity index (χ4n) is 2.09. The summed E-state index contributed by atoms with van der Waals surface area (Å²) < 4.78 is 1.91. The van der Waals surface area contributed by atoms with Crippen LogP contribution in [0.4, 0.5) is 0 Å². The zero-order valence-corrected chi connectivity index (χ0v) is 10.6. The number of hydrogen-bond acceptors (Lipinski definition) is 3. The van der Waals surface area contributed by atoms with Crippen LogP contribution in [0.15, 0.2) is 18.5 Å². The van der Waals surface area contributed by atoms with E-state index in [1.165, 1.54) is 6.20 Å². The van der Waals surface area contributed by atoms with Gasteiger partial charge in [-0.1, -0.05) is 20.3 Å². The van der Waals surface area contributed by atoms with Crippen molar-refractivity contribution in [3.63, 3.8) is 0 Å². The van der Waals surface area contributed by atoms with Crippen LogP contribution in [0.3, 0.4) is 0 Å². The molecule has 0 amide bonds. The van der Waals surface area contributed by atoms with Gasteiger partial charge in [0.05, 0.1) is 11.6 Å². The summed E-state index contributed by atoms with van der Waals surface area (Å²) in [5, 5.41) is 14.1. The predicted octanol–water partition coefficient (Wildman–Crippen LogP) is 2.88. The van der Waals surface area contributed by atoms with Crippen LogP contribution >= 0.6 is 0 Å². The molecule has 1 atom stereocenters. The van der Waals surface area contributed by atoms with Crippen LogP contribution in [0.2, 0.25) is 0 Å². The van der Waals surface area contributed by atoms with Crippen LogP contribution in [0.25, 0.3) is 11.0 Å². The molecule has 0 radical (unpaired) electrons. The number of rotatable bonds is 5. The fourth-order valence-corrected chi connectivity index (χ4v) is 2.09. The highest BCUT2D eigenvalue weighted by atomic mass is 16.4. The average Bonchev–Trinajstić information content (AvgIpc) is 2.78. The molecule has 0 aliphatic heterocycles. The Morgan fingerprint density at radius 3 is 2.89 bits per heavy atom. The van der Waals surface area contributed by atoms with Gasteiger partial charge in [-0.3, -0.25) is 4.68 Å². The lowest BCUT2D eigenvalue weighted by Gasteiger charge is -2.13. The van der Waals surface area contributed by atoms with Crippen LogP contribution in [0.5, 0.6) is 0 Å². The van der Waals surface area contributed by atoms with Gasteiger partial charge in [-0.2, -0.15) is 5.10 Å². The summed E-state index contributed by atoms with van der Waals surface area (Å²) in [4.78, 5) is 15.0. The normalized spacial score (nSPS) is 12.8. The van der Waals surface area contributed by atoms with Crippen molar-refractivity contribution in [3.8, 4) is 0 Å². The Morgan fingerprint density at radius 1 is 1.50 bits per heavy atom. The molecule has 0 saturated heterocycles. The second-order valence-electron chi connectivity index (χ2n) is 4.40. The van der Waals surface area contributed by atoms with Crippen molar-refractivity contribution in [2.75, 3.05) is 0 Å². The van der Waals surface area contributed by atoms with Crippen molar-refractivity contribution in [2.45, 2.75) is 39.2 Å². The summed E-state index contributed by atoms with van der Waals surface area (Å²) in [6.07, 6.45) is 6.41. The molecule has 0 bridgehead atoms. The third kappa shape index (κ3) is 2.34. The monoisotopic (exact) mass is 247 g/mol. The molecule has 0 saturated carbocycles. The molecule has 96 valence electrons. The molecular formula is C13H17N3O2. The number of aromatic nitrogens is 3. The molecule has 1 N–H and O–H groups in total. The van der Waals surface area contributed by atoms with E-state index in [1.807, 2.05) is 10.9 Å². The maximum absolute atomic E-state index is 10.9. The molecular weight excluding hydrogens is 230 g/mol. The van der Waals surface area contributed by atoms with Gasteiger partial charge in [-0.15, -0.1) is 0 Å². The number of carboxylic acids is 1. The van der Waals surface area contributed by atoms with Gasteiger partial charge in [0, 0.05) is 17.8 Å². The van der Waals surface area contributed by atoms with Crippen molar-refractivity contribution >= 4 is 17.0 Å². The molecule has 2 aromatic heterocycles. The first-order valence-electron chi connectivity index (χ1n) is 6.23. The molecule has 5 nitrogen and oxygen atoms in total. The highest BCUT2D eigenvalue weighted by Gasteiger charge is 2.12. The van der Waals surface area contributed by atoms with Crippen molar-refractivity contribution in [3.05, 3.63) is 24.0 Å². The number of nitrogens with zero attached hydrogens (tertiary/aromatic N) is 3. The number of carbonyl (C=O) groups is 1. The Kier molecular flexibility index (Phi) is 3.60. The van der Waals surface area contributed by atoms with E-state index in [4.69, 9.17) is 5.11 Å².